The van der Waals surface area contributed by atoms with Gasteiger partial charge in [0.25, 0.3) is 10.0 Å². The van der Waals surface area contributed by atoms with Crippen LogP contribution in [0.25, 0.3) is 0 Å². The van der Waals surface area contributed by atoms with Gasteiger partial charge in [-0.1, -0.05) is 48.0 Å². The van der Waals surface area contributed by atoms with Crippen LogP contribution in [0.1, 0.15) is 23.1 Å². The molecule has 0 saturated heterocycles. The van der Waals surface area contributed by atoms with E-state index in [0.717, 1.165) is 16.7 Å². The number of hydrogen-bond donors (Lipinski definition) is 1. The summed E-state index contributed by atoms with van der Waals surface area (Å²) in [6, 6.07) is 22.0. The Morgan fingerprint density at radius 2 is 1.80 bits per heavy atom. The molecule has 0 fully saturated rings. The summed E-state index contributed by atoms with van der Waals surface area (Å²) < 4.78 is 36.6. The second-order valence-electron chi connectivity index (χ2n) is 7.00. The highest BCUT2D eigenvalue weighted by molar-refractivity contribution is 7.89. The number of hydrazone groups is 1. The van der Waals surface area contributed by atoms with Crippen molar-refractivity contribution >= 4 is 15.7 Å². The third-order valence-corrected chi connectivity index (χ3v) is 5.97. The summed E-state index contributed by atoms with van der Waals surface area (Å²) in [4.78, 5) is 2.52. The predicted octanol–water partition coefficient (Wildman–Crippen LogP) is 4.04. The summed E-state index contributed by atoms with van der Waals surface area (Å²) in [6.45, 7) is 2.78. The monoisotopic (exact) mass is 422 g/mol. The van der Waals surface area contributed by atoms with Gasteiger partial charge in [0.1, 0.15) is 18.1 Å². The van der Waals surface area contributed by atoms with Crippen LogP contribution in [-0.2, 0) is 16.6 Å². The number of ether oxygens (including phenoxy) is 2. The Labute approximate surface area is 176 Å². The molecule has 0 unspecified atom stereocenters. The van der Waals surface area contributed by atoms with Crippen LogP contribution in [0.5, 0.6) is 11.5 Å². The van der Waals surface area contributed by atoms with E-state index in [2.05, 4.69) is 9.93 Å². The van der Waals surface area contributed by atoms with E-state index in [1.54, 1.807) is 30.3 Å². The normalized spacial score (nSPS) is 14.6. The molecule has 3 aromatic carbocycles. The molecule has 0 aromatic heterocycles. The number of sulfonamides is 1. The fourth-order valence-corrected chi connectivity index (χ4v) is 3.92. The lowest BCUT2D eigenvalue weighted by atomic mass is 10.0. The van der Waals surface area contributed by atoms with Gasteiger partial charge in [-0.3, -0.25) is 0 Å². The highest BCUT2D eigenvalue weighted by atomic mass is 32.2. The number of fused-ring (bicyclic) bond motifs is 1. The van der Waals surface area contributed by atoms with E-state index in [4.69, 9.17) is 9.47 Å². The van der Waals surface area contributed by atoms with Gasteiger partial charge in [-0.2, -0.15) is 18.4 Å². The summed E-state index contributed by atoms with van der Waals surface area (Å²) in [5, 5.41) is 4.18. The van der Waals surface area contributed by atoms with E-state index < -0.39 is 10.0 Å². The molecule has 6 nitrogen and oxygen atoms in total. The third-order valence-electron chi connectivity index (χ3n) is 4.74. The van der Waals surface area contributed by atoms with Gasteiger partial charge in [-0.05, 0) is 36.8 Å². The smallest absolute Gasteiger partial charge is 0.276 e. The van der Waals surface area contributed by atoms with Crippen LogP contribution in [0.4, 0.5) is 0 Å². The summed E-state index contributed by atoms with van der Waals surface area (Å²) in [5.41, 5.74) is 3.44. The largest absolute Gasteiger partial charge is 0.492 e. The highest BCUT2D eigenvalue weighted by Crippen LogP contribution is 2.30. The number of hydrogen-bond acceptors (Lipinski definition) is 5. The molecule has 154 valence electrons. The van der Waals surface area contributed by atoms with Crippen molar-refractivity contribution in [2.75, 3.05) is 6.61 Å². The van der Waals surface area contributed by atoms with Crippen molar-refractivity contribution in [1.82, 2.24) is 4.83 Å². The zero-order valence-electron chi connectivity index (χ0n) is 16.5. The van der Waals surface area contributed by atoms with Gasteiger partial charge in [-0.15, -0.1) is 0 Å². The Hall–Kier alpha value is -3.32. The van der Waals surface area contributed by atoms with Crippen molar-refractivity contribution in [2.45, 2.75) is 24.8 Å². The first kappa shape index (κ1) is 20.0. The molecule has 0 amide bonds. The molecule has 0 radical (unpaired) electrons. The van der Waals surface area contributed by atoms with E-state index in [0.29, 0.717) is 36.8 Å². The van der Waals surface area contributed by atoms with Gasteiger partial charge in [0.15, 0.2) is 0 Å². The fraction of sp³-hybridized carbons (Fsp3) is 0.174. The van der Waals surface area contributed by atoms with Crippen molar-refractivity contribution < 1.29 is 17.9 Å². The molecule has 0 atom stereocenters. The second-order valence-corrected chi connectivity index (χ2v) is 8.66. The summed E-state index contributed by atoms with van der Waals surface area (Å²) in [5.74, 6) is 1.30. The highest BCUT2D eigenvalue weighted by Gasteiger charge is 2.20. The van der Waals surface area contributed by atoms with Crippen LogP contribution in [0.15, 0.2) is 82.8 Å². The minimum absolute atomic E-state index is 0.175. The summed E-state index contributed by atoms with van der Waals surface area (Å²) in [6.07, 6.45) is 0.508. The maximum atomic E-state index is 12.5. The molecule has 1 aliphatic rings. The lowest BCUT2D eigenvalue weighted by Crippen LogP contribution is -2.23. The van der Waals surface area contributed by atoms with Crippen molar-refractivity contribution in [3.63, 3.8) is 0 Å². The van der Waals surface area contributed by atoms with Gasteiger partial charge in [0.05, 0.1) is 17.2 Å². The van der Waals surface area contributed by atoms with Gasteiger partial charge in [0, 0.05) is 18.1 Å². The Kier molecular flexibility index (Phi) is 5.72. The Morgan fingerprint density at radius 3 is 2.57 bits per heavy atom. The molecular formula is C23H22N2O4S. The predicted molar refractivity (Wildman–Crippen MR) is 115 cm³/mol. The number of aryl methyl sites for hydroxylation is 1. The topological polar surface area (TPSA) is 77.0 Å². The van der Waals surface area contributed by atoms with Gasteiger partial charge >= 0.3 is 0 Å². The zero-order chi connectivity index (χ0) is 21.0. The molecule has 7 heteroatoms. The molecule has 4 rings (SSSR count). The molecule has 1 heterocycles. The first-order chi connectivity index (χ1) is 14.5. The maximum Gasteiger partial charge on any atom is 0.276 e. The van der Waals surface area contributed by atoms with Crippen molar-refractivity contribution in [1.29, 1.82) is 0 Å². The van der Waals surface area contributed by atoms with E-state index in [1.165, 1.54) is 0 Å². The summed E-state index contributed by atoms with van der Waals surface area (Å²) >= 11 is 0. The average Bonchev–Trinajstić information content (AvgIpc) is 2.77. The van der Waals surface area contributed by atoms with Crippen LogP contribution < -0.4 is 14.3 Å². The quantitative estimate of drug-likeness (QED) is 0.608. The van der Waals surface area contributed by atoms with Crippen LogP contribution in [-0.4, -0.2) is 20.7 Å². The molecule has 0 aliphatic carbocycles. The van der Waals surface area contributed by atoms with Gasteiger partial charge in [0.2, 0.25) is 0 Å². The number of benzene rings is 3. The van der Waals surface area contributed by atoms with Crippen LogP contribution in [0, 0.1) is 6.92 Å². The zero-order valence-corrected chi connectivity index (χ0v) is 17.4. The van der Waals surface area contributed by atoms with E-state index in [9.17, 15) is 8.42 Å². The van der Waals surface area contributed by atoms with Crippen LogP contribution in [0.2, 0.25) is 0 Å². The standard InChI is InChI=1S/C23H22N2O4S/c1-17-7-10-20(11-8-17)30(26,27)25-24-22-13-14-28-23-15-19(9-12-21(22)23)29-16-18-5-3-2-4-6-18/h2-12,15,25H,13-14,16H2,1H3. The first-order valence-electron chi connectivity index (χ1n) is 9.60. The molecule has 1 aliphatic heterocycles. The lowest BCUT2D eigenvalue weighted by Gasteiger charge is -2.20. The van der Waals surface area contributed by atoms with E-state index in [1.807, 2.05) is 49.4 Å². The molecule has 0 spiro atoms. The van der Waals surface area contributed by atoms with E-state index >= 15 is 0 Å². The molecule has 30 heavy (non-hydrogen) atoms. The molecular weight excluding hydrogens is 400 g/mol. The minimum Gasteiger partial charge on any atom is -0.492 e. The lowest BCUT2D eigenvalue weighted by molar-refractivity contribution is 0.295. The fourth-order valence-electron chi connectivity index (χ4n) is 3.08. The number of nitrogens with zero attached hydrogens (tertiary/aromatic N) is 1. The van der Waals surface area contributed by atoms with Gasteiger partial charge in [-0.25, -0.2) is 0 Å². The minimum atomic E-state index is -3.73. The Balaban J connectivity index is 1.50. The number of rotatable bonds is 6. The van der Waals surface area contributed by atoms with Crippen molar-refractivity contribution in [3.05, 3.63) is 89.5 Å². The van der Waals surface area contributed by atoms with Crippen LogP contribution in [0.3, 0.4) is 0 Å². The van der Waals surface area contributed by atoms with E-state index in [-0.39, 0.29) is 4.90 Å². The maximum absolute atomic E-state index is 12.5. The molecule has 1 N–H and O–H groups in total. The molecule has 0 bridgehead atoms. The Bertz CT molecular complexity index is 1160. The molecule has 3 aromatic rings. The number of nitrogens with one attached hydrogen (secondary N) is 1. The SMILES string of the molecule is Cc1ccc(S(=O)(=O)NN=C2CCOc3cc(OCc4ccccc4)ccc32)cc1. The first-order valence-corrected chi connectivity index (χ1v) is 11.1. The van der Waals surface area contributed by atoms with Gasteiger partial charge < -0.3 is 9.47 Å². The molecule has 0 saturated carbocycles. The average molecular weight is 423 g/mol. The second kappa shape index (κ2) is 8.59. The Morgan fingerprint density at radius 1 is 1.03 bits per heavy atom. The summed E-state index contributed by atoms with van der Waals surface area (Å²) in [7, 11) is -3.73. The van der Waals surface area contributed by atoms with Crippen LogP contribution >= 0.6 is 0 Å². The van der Waals surface area contributed by atoms with Crippen molar-refractivity contribution in [2.24, 2.45) is 5.10 Å². The van der Waals surface area contributed by atoms with Crippen molar-refractivity contribution in [3.8, 4) is 11.5 Å². The third kappa shape index (κ3) is 4.63.